The maximum atomic E-state index is 12.3. The Labute approximate surface area is 142 Å². The molecule has 1 heterocycles. The van der Waals surface area contributed by atoms with Gasteiger partial charge in [0.25, 0.3) is 5.91 Å². The first-order chi connectivity index (χ1) is 11.5. The number of esters is 1. The molecule has 1 aliphatic heterocycles. The second kappa shape index (κ2) is 6.87. The highest BCUT2D eigenvalue weighted by Gasteiger charge is 2.21. The van der Waals surface area contributed by atoms with Gasteiger partial charge in [0.2, 0.25) is 0 Å². The van der Waals surface area contributed by atoms with E-state index in [2.05, 4.69) is 6.07 Å². The van der Waals surface area contributed by atoms with E-state index >= 15 is 0 Å². The fourth-order valence-corrected chi connectivity index (χ4v) is 2.88. The van der Waals surface area contributed by atoms with Gasteiger partial charge in [-0.1, -0.05) is 30.3 Å². The van der Waals surface area contributed by atoms with Gasteiger partial charge in [0, 0.05) is 13.1 Å². The number of benzene rings is 2. The van der Waals surface area contributed by atoms with Crippen LogP contribution < -0.4 is 0 Å². The van der Waals surface area contributed by atoms with E-state index in [-0.39, 0.29) is 12.5 Å². The summed E-state index contributed by atoms with van der Waals surface area (Å²) in [5.74, 6) is -0.606. The zero-order valence-corrected chi connectivity index (χ0v) is 14.0. The normalized spacial score (nSPS) is 13.3. The van der Waals surface area contributed by atoms with E-state index in [0.717, 1.165) is 23.1 Å². The zero-order chi connectivity index (χ0) is 17.1. The van der Waals surface area contributed by atoms with Crippen LogP contribution in [0.2, 0.25) is 0 Å². The van der Waals surface area contributed by atoms with Crippen molar-refractivity contribution in [1.29, 1.82) is 0 Å². The molecule has 0 saturated carbocycles. The highest BCUT2D eigenvalue weighted by molar-refractivity contribution is 5.91. The molecule has 0 saturated heterocycles. The first-order valence-electron chi connectivity index (χ1n) is 8.13. The summed E-state index contributed by atoms with van der Waals surface area (Å²) in [5.41, 5.74) is 5.08. The van der Waals surface area contributed by atoms with Gasteiger partial charge < -0.3 is 9.64 Å². The highest BCUT2D eigenvalue weighted by atomic mass is 16.5. The number of aryl methyl sites for hydroxylation is 2. The van der Waals surface area contributed by atoms with Crippen LogP contribution in [-0.2, 0) is 22.5 Å². The molecule has 0 bridgehead atoms. The fourth-order valence-electron chi connectivity index (χ4n) is 2.88. The van der Waals surface area contributed by atoms with Gasteiger partial charge in [0.1, 0.15) is 0 Å². The first-order valence-corrected chi connectivity index (χ1v) is 8.13. The monoisotopic (exact) mass is 323 g/mol. The first kappa shape index (κ1) is 16.2. The van der Waals surface area contributed by atoms with Gasteiger partial charge in [0.15, 0.2) is 6.61 Å². The Balaban J connectivity index is 1.58. The van der Waals surface area contributed by atoms with Crippen molar-refractivity contribution in [2.24, 2.45) is 0 Å². The quantitative estimate of drug-likeness (QED) is 0.816. The molecule has 0 spiro atoms. The third-order valence-corrected chi connectivity index (χ3v) is 4.55. The lowest BCUT2D eigenvalue weighted by Crippen LogP contribution is -2.38. The van der Waals surface area contributed by atoms with Crippen molar-refractivity contribution in [2.75, 3.05) is 13.2 Å². The second-order valence-electron chi connectivity index (χ2n) is 6.21. The SMILES string of the molecule is Cc1ccc(C(=O)OCC(=O)N2CCc3ccccc3C2)cc1C. The van der Waals surface area contributed by atoms with Crippen LogP contribution in [0.4, 0.5) is 0 Å². The molecular weight excluding hydrogens is 302 g/mol. The summed E-state index contributed by atoms with van der Waals surface area (Å²) in [5, 5.41) is 0. The van der Waals surface area contributed by atoms with Gasteiger partial charge >= 0.3 is 5.97 Å². The average molecular weight is 323 g/mol. The van der Waals surface area contributed by atoms with Crippen LogP contribution in [0, 0.1) is 13.8 Å². The lowest BCUT2D eigenvalue weighted by Gasteiger charge is -2.28. The molecule has 0 atom stereocenters. The van der Waals surface area contributed by atoms with E-state index in [4.69, 9.17) is 4.74 Å². The number of amides is 1. The summed E-state index contributed by atoms with van der Waals surface area (Å²) in [6.07, 6.45) is 0.840. The van der Waals surface area contributed by atoms with Gasteiger partial charge in [-0.15, -0.1) is 0 Å². The smallest absolute Gasteiger partial charge is 0.338 e. The van der Waals surface area contributed by atoms with Crippen LogP contribution in [0.3, 0.4) is 0 Å². The molecule has 3 rings (SSSR count). The molecular formula is C20H21NO3. The average Bonchev–Trinajstić information content (AvgIpc) is 2.61. The number of rotatable bonds is 3. The molecule has 124 valence electrons. The van der Waals surface area contributed by atoms with Crippen LogP contribution in [0.5, 0.6) is 0 Å². The minimum atomic E-state index is -0.455. The molecule has 1 aliphatic rings. The minimum Gasteiger partial charge on any atom is -0.452 e. The molecule has 0 radical (unpaired) electrons. The fraction of sp³-hybridized carbons (Fsp3) is 0.300. The zero-order valence-electron chi connectivity index (χ0n) is 14.0. The van der Waals surface area contributed by atoms with Crippen molar-refractivity contribution >= 4 is 11.9 Å². The molecule has 0 unspecified atom stereocenters. The standard InChI is InChI=1S/C20H21NO3/c1-14-7-8-17(11-15(14)2)20(23)24-13-19(22)21-10-9-16-5-3-4-6-18(16)12-21/h3-8,11H,9-10,12-13H2,1-2H3. The predicted octanol–water partition coefficient (Wildman–Crippen LogP) is 3.05. The van der Waals surface area contributed by atoms with Crippen molar-refractivity contribution in [3.8, 4) is 0 Å². The van der Waals surface area contributed by atoms with Crippen LogP contribution >= 0.6 is 0 Å². The number of fused-ring (bicyclic) bond motifs is 1. The molecule has 2 aromatic carbocycles. The number of carbonyl (C=O) groups is 2. The number of ether oxygens (including phenoxy) is 1. The molecule has 2 aromatic rings. The lowest BCUT2D eigenvalue weighted by atomic mass is 10.00. The lowest BCUT2D eigenvalue weighted by molar-refractivity contribution is -0.135. The van der Waals surface area contributed by atoms with Crippen molar-refractivity contribution < 1.29 is 14.3 Å². The van der Waals surface area contributed by atoms with Crippen LogP contribution in [0.25, 0.3) is 0 Å². The third kappa shape index (κ3) is 3.48. The van der Waals surface area contributed by atoms with Gasteiger partial charge in [0.05, 0.1) is 5.56 Å². The largest absolute Gasteiger partial charge is 0.452 e. The Morgan fingerprint density at radius 1 is 1.04 bits per heavy atom. The maximum absolute atomic E-state index is 12.3. The van der Waals surface area contributed by atoms with E-state index in [1.54, 1.807) is 17.0 Å². The van der Waals surface area contributed by atoms with Crippen molar-refractivity contribution in [3.05, 3.63) is 70.3 Å². The van der Waals surface area contributed by atoms with Crippen LogP contribution in [0.15, 0.2) is 42.5 Å². The summed E-state index contributed by atoms with van der Waals surface area (Å²) in [4.78, 5) is 26.2. The van der Waals surface area contributed by atoms with Gasteiger partial charge in [-0.25, -0.2) is 4.79 Å². The van der Waals surface area contributed by atoms with Crippen molar-refractivity contribution in [3.63, 3.8) is 0 Å². The van der Waals surface area contributed by atoms with Gasteiger partial charge in [-0.2, -0.15) is 0 Å². The predicted molar refractivity (Wildman–Crippen MR) is 91.8 cm³/mol. The Morgan fingerprint density at radius 2 is 1.79 bits per heavy atom. The summed E-state index contributed by atoms with van der Waals surface area (Å²) < 4.78 is 5.20. The molecule has 0 aromatic heterocycles. The van der Waals surface area contributed by atoms with Crippen LogP contribution in [0.1, 0.15) is 32.6 Å². The van der Waals surface area contributed by atoms with E-state index in [1.807, 2.05) is 38.1 Å². The third-order valence-electron chi connectivity index (χ3n) is 4.55. The Morgan fingerprint density at radius 3 is 2.54 bits per heavy atom. The van der Waals surface area contributed by atoms with E-state index < -0.39 is 5.97 Å². The second-order valence-corrected chi connectivity index (χ2v) is 6.21. The Bertz CT molecular complexity index is 782. The summed E-state index contributed by atoms with van der Waals surface area (Å²) in [6, 6.07) is 13.5. The van der Waals surface area contributed by atoms with Crippen molar-refractivity contribution in [1.82, 2.24) is 4.90 Å². The van der Waals surface area contributed by atoms with Crippen molar-refractivity contribution in [2.45, 2.75) is 26.8 Å². The summed E-state index contributed by atoms with van der Waals surface area (Å²) in [6.45, 7) is 4.96. The minimum absolute atomic E-state index is 0.151. The maximum Gasteiger partial charge on any atom is 0.338 e. The molecule has 0 aliphatic carbocycles. The topological polar surface area (TPSA) is 46.6 Å². The summed E-state index contributed by atoms with van der Waals surface area (Å²) in [7, 11) is 0. The highest BCUT2D eigenvalue weighted by Crippen LogP contribution is 2.18. The van der Waals surface area contributed by atoms with Gasteiger partial charge in [-0.3, -0.25) is 4.79 Å². The van der Waals surface area contributed by atoms with E-state index in [9.17, 15) is 9.59 Å². The molecule has 0 N–H and O–H groups in total. The number of carbonyl (C=O) groups excluding carboxylic acids is 2. The molecule has 4 heteroatoms. The number of hydrogen-bond acceptors (Lipinski definition) is 3. The molecule has 0 fully saturated rings. The summed E-state index contributed by atoms with van der Waals surface area (Å²) >= 11 is 0. The number of nitrogens with zero attached hydrogens (tertiary/aromatic N) is 1. The molecule has 24 heavy (non-hydrogen) atoms. The number of hydrogen-bond donors (Lipinski definition) is 0. The molecule has 1 amide bonds. The Hall–Kier alpha value is -2.62. The van der Waals surface area contributed by atoms with E-state index in [0.29, 0.717) is 18.7 Å². The molecule has 4 nitrogen and oxygen atoms in total. The van der Waals surface area contributed by atoms with Gasteiger partial charge in [-0.05, 0) is 54.7 Å². The van der Waals surface area contributed by atoms with Crippen LogP contribution in [-0.4, -0.2) is 29.9 Å². The Kier molecular flexibility index (Phi) is 4.65. The van der Waals surface area contributed by atoms with E-state index in [1.165, 1.54) is 5.56 Å².